The lowest BCUT2D eigenvalue weighted by molar-refractivity contribution is -0.117. The summed E-state index contributed by atoms with van der Waals surface area (Å²) in [5.74, 6) is 2.55. The molecule has 0 aliphatic carbocycles. The van der Waals surface area contributed by atoms with Crippen molar-refractivity contribution in [3.8, 4) is 5.69 Å². The van der Waals surface area contributed by atoms with Gasteiger partial charge < -0.3 is 10.6 Å². The maximum absolute atomic E-state index is 12.2. The summed E-state index contributed by atoms with van der Waals surface area (Å²) >= 11 is 1.79. The molecule has 2 heterocycles. The van der Waals surface area contributed by atoms with E-state index in [1.807, 2.05) is 31.2 Å². The molecule has 0 spiro atoms. The molecule has 110 valence electrons. The van der Waals surface area contributed by atoms with E-state index >= 15 is 0 Å². The number of benzene rings is 1. The average molecular weight is 304 g/mol. The third kappa shape index (κ3) is 3.22. The number of aryl methyl sites for hydroxylation is 1. The van der Waals surface area contributed by atoms with Crippen molar-refractivity contribution in [3.63, 3.8) is 0 Å². The molecule has 21 heavy (non-hydrogen) atoms. The first-order chi connectivity index (χ1) is 10.2. The molecule has 7 nitrogen and oxygen atoms in total. The summed E-state index contributed by atoms with van der Waals surface area (Å²) in [6.45, 7) is 2.70. The molecular weight excluding hydrogens is 288 g/mol. The number of carbonyl (C=O) groups excluding carboxylic acids is 1. The number of rotatable bonds is 3. The molecule has 1 aliphatic heterocycles. The van der Waals surface area contributed by atoms with Crippen LogP contribution in [0.5, 0.6) is 0 Å². The largest absolute Gasteiger partial charge is 0.325 e. The molecule has 0 bridgehead atoms. The Labute approximate surface area is 126 Å². The molecule has 2 N–H and O–H groups in total. The third-order valence-electron chi connectivity index (χ3n) is 3.22. The average Bonchev–Trinajstić information content (AvgIpc) is 2.94. The van der Waals surface area contributed by atoms with Crippen molar-refractivity contribution in [1.29, 1.82) is 0 Å². The Morgan fingerprint density at radius 1 is 1.52 bits per heavy atom. The van der Waals surface area contributed by atoms with Crippen LogP contribution in [0.25, 0.3) is 5.69 Å². The van der Waals surface area contributed by atoms with Gasteiger partial charge in [-0.1, -0.05) is 6.07 Å². The molecule has 1 atom stereocenters. The summed E-state index contributed by atoms with van der Waals surface area (Å²) in [4.78, 5) is 12.2. The predicted molar refractivity (Wildman–Crippen MR) is 81.6 cm³/mol. The van der Waals surface area contributed by atoms with Crippen LogP contribution in [0.2, 0.25) is 0 Å². The molecule has 1 aromatic heterocycles. The van der Waals surface area contributed by atoms with E-state index in [9.17, 15) is 4.79 Å². The lowest BCUT2D eigenvalue weighted by Crippen LogP contribution is -2.46. The van der Waals surface area contributed by atoms with Gasteiger partial charge in [0.15, 0.2) is 5.82 Å². The van der Waals surface area contributed by atoms with E-state index in [2.05, 4.69) is 26.2 Å². The van der Waals surface area contributed by atoms with Crippen LogP contribution in [0, 0.1) is 6.92 Å². The van der Waals surface area contributed by atoms with Crippen molar-refractivity contribution in [3.05, 3.63) is 30.1 Å². The van der Waals surface area contributed by atoms with Crippen molar-refractivity contribution < 1.29 is 4.79 Å². The smallest absolute Gasteiger partial charge is 0.242 e. The minimum Gasteiger partial charge on any atom is -0.325 e. The normalized spacial score (nSPS) is 18.4. The van der Waals surface area contributed by atoms with Gasteiger partial charge in [-0.25, -0.2) is 0 Å². The number of carbonyl (C=O) groups is 1. The first-order valence-corrected chi connectivity index (χ1v) is 7.87. The number of aromatic nitrogens is 4. The molecule has 8 heteroatoms. The number of hydrogen-bond donors (Lipinski definition) is 2. The van der Waals surface area contributed by atoms with Crippen LogP contribution in [0.3, 0.4) is 0 Å². The second kappa shape index (κ2) is 6.23. The van der Waals surface area contributed by atoms with Gasteiger partial charge in [0.25, 0.3) is 0 Å². The van der Waals surface area contributed by atoms with Gasteiger partial charge in [-0.05, 0) is 35.5 Å². The molecule has 0 saturated carbocycles. The van der Waals surface area contributed by atoms with Crippen LogP contribution in [0.1, 0.15) is 5.82 Å². The highest BCUT2D eigenvalue weighted by atomic mass is 32.2. The molecule has 0 radical (unpaired) electrons. The van der Waals surface area contributed by atoms with E-state index in [1.165, 1.54) is 0 Å². The van der Waals surface area contributed by atoms with Gasteiger partial charge in [0.2, 0.25) is 5.91 Å². The second-order valence-corrected chi connectivity index (χ2v) is 5.91. The van der Waals surface area contributed by atoms with E-state index in [-0.39, 0.29) is 11.9 Å². The van der Waals surface area contributed by atoms with E-state index < -0.39 is 0 Å². The second-order valence-electron chi connectivity index (χ2n) is 4.76. The summed E-state index contributed by atoms with van der Waals surface area (Å²) in [6.07, 6.45) is 0. The quantitative estimate of drug-likeness (QED) is 0.864. The summed E-state index contributed by atoms with van der Waals surface area (Å²) in [7, 11) is 0. The van der Waals surface area contributed by atoms with Crippen LogP contribution in [-0.2, 0) is 4.79 Å². The molecule has 1 fully saturated rings. The summed E-state index contributed by atoms with van der Waals surface area (Å²) in [6, 6.07) is 7.35. The van der Waals surface area contributed by atoms with Crippen LogP contribution in [-0.4, -0.2) is 50.2 Å². The topological polar surface area (TPSA) is 84.7 Å². The van der Waals surface area contributed by atoms with Gasteiger partial charge in [0.1, 0.15) is 0 Å². The summed E-state index contributed by atoms with van der Waals surface area (Å²) in [5.41, 5.74) is 1.56. The molecular formula is C13H16N6OS. The van der Waals surface area contributed by atoms with Crippen molar-refractivity contribution in [2.24, 2.45) is 0 Å². The molecule has 1 amide bonds. The highest BCUT2D eigenvalue weighted by Gasteiger charge is 2.20. The zero-order chi connectivity index (χ0) is 14.7. The standard InChI is InChI=1S/C13H16N6OS/c1-9-16-17-18-19(9)11-4-2-3-10(7-11)15-13(20)12-8-21-6-5-14-12/h2-4,7,12,14H,5-6,8H2,1H3,(H,15,20). The Balaban J connectivity index is 1.74. The van der Waals surface area contributed by atoms with Gasteiger partial charge >= 0.3 is 0 Å². The first-order valence-electron chi connectivity index (χ1n) is 6.71. The van der Waals surface area contributed by atoms with Crippen molar-refractivity contribution in [1.82, 2.24) is 25.5 Å². The first kappa shape index (κ1) is 14.0. The summed E-state index contributed by atoms with van der Waals surface area (Å²) in [5, 5.41) is 17.6. The maximum Gasteiger partial charge on any atom is 0.242 e. The fourth-order valence-corrected chi connectivity index (χ4v) is 3.08. The maximum atomic E-state index is 12.2. The number of nitrogens with one attached hydrogen (secondary N) is 2. The molecule has 3 rings (SSSR count). The number of nitrogens with zero attached hydrogens (tertiary/aromatic N) is 4. The molecule has 2 aromatic rings. The SMILES string of the molecule is Cc1nnnn1-c1cccc(NC(=O)C2CSCCN2)c1. The number of thioether (sulfide) groups is 1. The number of amides is 1. The third-order valence-corrected chi connectivity index (χ3v) is 4.28. The molecule has 1 aliphatic rings. The van der Waals surface area contributed by atoms with Crippen LogP contribution in [0.15, 0.2) is 24.3 Å². The fourth-order valence-electron chi connectivity index (χ4n) is 2.15. The van der Waals surface area contributed by atoms with Crippen molar-refractivity contribution >= 4 is 23.4 Å². The predicted octanol–water partition coefficient (Wildman–Crippen LogP) is 0.614. The lowest BCUT2D eigenvalue weighted by atomic mass is 10.2. The Morgan fingerprint density at radius 3 is 3.14 bits per heavy atom. The van der Waals surface area contributed by atoms with Gasteiger partial charge in [0.05, 0.1) is 11.7 Å². The molecule has 1 unspecified atom stereocenters. The van der Waals surface area contributed by atoms with Crippen molar-refractivity contribution in [2.75, 3.05) is 23.4 Å². The number of tetrazole rings is 1. The summed E-state index contributed by atoms with van der Waals surface area (Å²) < 4.78 is 1.63. The highest BCUT2D eigenvalue weighted by Crippen LogP contribution is 2.16. The Hall–Kier alpha value is -1.93. The van der Waals surface area contributed by atoms with E-state index in [0.717, 1.165) is 29.4 Å². The van der Waals surface area contributed by atoms with Gasteiger partial charge in [-0.15, -0.1) is 5.10 Å². The van der Waals surface area contributed by atoms with E-state index in [1.54, 1.807) is 16.4 Å². The minimum absolute atomic E-state index is 0.00668. The van der Waals surface area contributed by atoms with Crippen LogP contribution < -0.4 is 10.6 Å². The fraction of sp³-hybridized carbons (Fsp3) is 0.385. The monoisotopic (exact) mass is 304 g/mol. The minimum atomic E-state index is -0.137. The van der Waals surface area contributed by atoms with E-state index in [0.29, 0.717) is 5.82 Å². The van der Waals surface area contributed by atoms with Gasteiger partial charge in [-0.3, -0.25) is 4.79 Å². The Bertz CT molecular complexity index is 637. The lowest BCUT2D eigenvalue weighted by Gasteiger charge is -2.22. The van der Waals surface area contributed by atoms with Crippen LogP contribution in [0.4, 0.5) is 5.69 Å². The van der Waals surface area contributed by atoms with E-state index in [4.69, 9.17) is 0 Å². The Morgan fingerprint density at radius 2 is 2.43 bits per heavy atom. The number of hydrogen-bond acceptors (Lipinski definition) is 6. The van der Waals surface area contributed by atoms with Gasteiger partial charge in [-0.2, -0.15) is 16.4 Å². The van der Waals surface area contributed by atoms with Gasteiger partial charge in [0, 0.05) is 23.7 Å². The molecule has 1 aromatic carbocycles. The van der Waals surface area contributed by atoms with Crippen LogP contribution >= 0.6 is 11.8 Å². The Kier molecular flexibility index (Phi) is 4.16. The number of anilines is 1. The highest BCUT2D eigenvalue weighted by molar-refractivity contribution is 7.99. The zero-order valence-electron chi connectivity index (χ0n) is 11.6. The zero-order valence-corrected chi connectivity index (χ0v) is 12.4. The molecule has 1 saturated heterocycles. The van der Waals surface area contributed by atoms with Crippen molar-refractivity contribution in [2.45, 2.75) is 13.0 Å².